The summed E-state index contributed by atoms with van der Waals surface area (Å²) in [5, 5.41) is 5.93. The molecular formula is C14H20Cl2FN3O. The summed E-state index contributed by atoms with van der Waals surface area (Å²) in [5.41, 5.74) is 0.835. The van der Waals surface area contributed by atoms with E-state index in [1.807, 2.05) is 13.1 Å². The first kappa shape index (κ1) is 18.2. The average Bonchev–Trinajstić information content (AvgIpc) is 2.74. The number of nitrogens with one attached hydrogen (secondary N) is 2. The molecule has 1 heterocycles. The molecule has 0 saturated carbocycles. The van der Waals surface area contributed by atoms with E-state index in [1.165, 1.54) is 6.07 Å². The summed E-state index contributed by atoms with van der Waals surface area (Å²) in [7, 11) is 3.70. The Kier molecular flexibility index (Phi) is 6.87. The third-order valence-electron chi connectivity index (χ3n) is 3.62. The van der Waals surface area contributed by atoms with Crippen molar-refractivity contribution in [3.8, 4) is 0 Å². The molecule has 1 fully saturated rings. The van der Waals surface area contributed by atoms with E-state index in [1.54, 1.807) is 13.1 Å². The van der Waals surface area contributed by atoms with Crippen molar-refractivity contribution in [1.82, 2.24) is 15.5 Å². The van der Waals surface area contributed by atoms with Gasteiger partial charge in [0, 0.05) is 12.6 Å². The van der Waals surface area contributed by atoms with E-state index in [2.05, 4.69) is 15.5 Å². The zero-order chi connectivity index (χ0) is 14.7. The molecule has 0 bridgehead atoms. The fraction of sp³-hybridized carbons (Fsp3) is 0.500. The lowest BCUT2D eigenvalue weighted by atomic mass is 10.00. The number of likely N-dealkylation sites (tertiary alicyclic amines) is 1. The molecule has 1 amide bonds. The van der Waals surface area contributed by atoms with E-state index in [-0.39, 0.29) is 42.0 Å². The number of carbonyl (C=O) groups is 1. The third-order valence-corrected chi connectivity index (χ3v) is 3.92. The van der Waals surface area contributed by atoms with Gasteiger partial charge >= 0.3 is 0 Å². The Bertz CT molecular complexity index is 501. The summed E-state index contributed by atoms with van der Waals surface area (Å²) in [5.74, 6) is -0.475. The quantitative estimate of drug-likeness (QED) is 0.884. The standard InChI is InChI=1S/C14H19ClFN3O.ClH/c1-17-8-13(20)18-12-5-6-19(2)14(12)9-3-4-10(15)11(16)7-9;/h3-4,7,12,14,17H,5-6,8H2,1-2H3,(H,18,20);1H. The van der Waals surface area contributed by atoms with E-state index >= 15 is 0 Å². The third kappa shape index (κ3) is 4.30. The number of carbonyl (C=O) groups excluding carboxylic acids is 1. The molecule has 1 aromatic rings. The summed E-state index contributed by atoms with van der Waals surface area (Å²) in [6, 6.07) is 4.79. The Morgan fingerprint density at radius 1 is 1.52 bits per heavy atom. The highest BCUT2D eigenvalue weighted by Gasteiger charge is 2.34. The second-order valence-corrected chi connectivity index (χ2v) is 5.50. The van der Waals surface area contributed by atoms with Crippen molar-refractivity contribution < 1.29 is 9.18 Å². The molecule has 0 aliphatic carbocycles. The van der Waals surface area contributed by atoms with Gasteiger partial charge in [0.2, 0.25) is 5.91 Å². The molecule has 4 nitrogen and oxygen atoms in total. The van der Waals surface area contributed by atoms with Crippen LogP contribution in [0, 0.1) is 5.82 Å². The van der Waals surface area contributed by atoms with Crippen molar-refractivity contribution >= 4 is 29.9 Å². The van der Waals surface area contributed by atoms with Crippen LogP contribution in [0.25, 0.3) is 0 Å². The second kappa shape index (κ2) is 7.94. The van der Waals surface area contributed by atoms with Gasteiger partial charge in [0.15, 0.2) is 0 Å². The number of rotatable bonds is 4. The number of nitrogens with zero attached hydrogens (tertiary/aromatic N) is 1. The van der Waals surface area contributed by atoms with Gasteiger partial charge in [-0.2, -0.15) is 0 Å². The van der Waals surface area contributed by atoms with Gasteiger partial charge in [-0.25, -0.2) is 4.39 Å². The first-order valence-corrected chi connectivity index (χ1v) is 7.00. The minimum atomic E-state index is -0.426. The Balaban J connectivity index is 0.00000220. The summed E-state index contributed by atoms with van der Waals surface area (Å²) < 4.78 is 13.6. The maximum Gasteiger partial charge on any atom is 0.234 e. The normalized spacial score (nSPS) is 21.9. The van der Waals surface area contributed by atoms with Crippen molar-refractivity contribution in [2.45, 2.75) is 18.5 Å². The Labute approximate surface area is 135 Å². The van der Waals surface area contributed by atoms with Crippen LogP contribution in [0.5, 0.6) is 0 Å². The van der Waals surface area contributed by atoms with Crippen molar-refractivity contribution in [3.05, 3.63) is 34.6 Å². The fourth-order valence-corrected chi connectivity index (χ4v) is 2.82. The van der Waals surface area contributed by atoms with Crippen LogP contribution in [-0.2, 0) is 4.79 Å². The minimum absolute atomic E-state index is 0. The maximum atomic E-state index is 13.6. The zero-order valence-corrected chi connectivity index (χ0v) is 13.6. The molecule has 7 heteroatoms. The van der Waals surface area contributed by atoms with Crippen molar-refractivity contribution in [1.29, 1.82) is 0 Å². The first-order chi connectivity index (χ1) is 9.52. The number of hydrogen-bond acceptors (Lipinski definition) is 3. The van der Waals surface area contributed by atoms with Crippen LogP contribution in [0.15, 0.2) is 18.2 Å². The summed E-state index contributed by atoms with van der Waals surface area (Å²) in [6.07, 6.45) is 0.848. The van der Waals surface area contributed by atoms with Crippen LogP contribution in [-0.4, -0.2) is 44.0 Å². The first-order valence-electron chi connectivity index (χ1n) is 6.62. The van der Waals surface area contributed by atoms with Crippen molar-refractivity contribution in [2.24, 2.45) is 0 Å². The lowest BCUT2D eigenvalue weighted by Gasteiger charge is -2.26. The highest BCUT2D eigenvalue weighted by atomic mass is 35.5. The monoisotopic (exact) mass is 335 g/mol. The number of benzene rings is 1. The SMILES string of the molecule is CNCC(=O)NC1CCN(C)C1c1ccc(Cl)c(F)c1.Cl. The molecule has 2 unspecified atom stereocenters. The fourth-order valence-electron chi connectivity index (χ4n) is 2.70. The number of amides is 1. The molecule has 21 heavy (non-hydrogen) atoms. The molecule has 118 valence electrons. The molecule has 1 aliphatic heterocycles. The summed E-state index contributed by atoms with van der Waals surface area (Å²) >= 11 is 5.72. The van der Waals surface area contributed by atoms with Crippen LogP contribution in [0.2, 0.25) is 5.02 Å². The smallest absolute Gasteiger partial charge is 0.234 e. The molecule has 1 aromatic carbocycles. The van der Waals surface area contributed by atoms with E-state index < -0.39 is 5.82 Å². The summed E-state index contributed by atoms with van der Waals surface area (Å²) in [6.45, 7) is 1.14. The van der Waals surface area contributed by atoms with E-state index in [9.17, 15) is 9.18 Å². The van der Waals surface area contributed by atoms with E-state index in [0.717, 1.165) is 18.5 Å². The van der Waals surface area contributed by atoms with E-state index in [0.29, 0.717) is 0 Å². The zero-order valence-electron chi connectivity index (χ0n) is 12.0. The number of hydrogen-bond donors (Lipinski definition) is 2. The van der Waals surface area contributed by atoms with Gasteiger partial charge in [-0.15, -0.1) is 12.4 Å². The van der Waals surface area contributed by atoms with Crippen LogP contribution < -0.4 is 10.6 Å². The molecule has 2 rings (SSSR count). The van der Waals surface area contributed by atoms with Crippen LogP contribution >= 0.6 is 24.0 Å². The maximum absolute atomic E-state index is 13.6. The van der Waals surface area contributed by atoms with Gasteiger partial charge in [-0.3, -0.25) is 9.69 Å². The van der Waals surface area contributed by atoms with Crippen LogP contribution in [0.1, 0.15) is 18.0 Å². The Hall–Kier alpha value is -0.880. The van der Waals surface area contributed by atoms with Gasteiger partial charge in [0.25, 0.3) is 0 Å². The van der Waals surface area contributed by atoms with E-state index in [4.69, 9.17) is 11.6 Å². The van der Waals surface area contributed by atoms with Gasteiger partial charge < -0.3 is 10.6 Å². The number of halogens is 3. The molecule has 2 N–H and O–H groups in total. The van der Waals surface area contributed by atoms with Gasteiger partial charge in [-0.1, -0.05) is 17.7 Å². The molecule has 2 atom stereocenters. The van der Waals surface area contributed by atoms with Crippen molar-refractivity contribution in [3.63, 3.8) is 0 Å². The average molecular weight is 336 g/mol. The summed E-state index contributed by atoms with van der Waals surface area (Å²) in [4.78, 5) is 13.8. The molecular weight excluding hydrogens is 316 g/mol. The predicted molar refractivity (Wildman–Crippen MR) is 84.5 cm³/mol. The highest BCUT2D eigenvalue weighted by molar-refractivity contribution is 6.30. The largest absolute Gasteiger partial charge is 0.350 e. The second-order valence-electron chi connectivity index (χ2n) is 5.09. The van der Waals surface area contributed by atoms with Crippen LogP contribution in [0.3, 0.4) is 0 Å². The molecule has 1 saturated heterocycles. The number of likely N-dealkylation sites (N-methyl/N-ethyl adjacent to an activating group) is 2. The van der Waals surface area contributed by atoms with Crippen molar-refractivity contribution in [2.75, 3.05) is 27.2 Å². The Morgan fingerprint density at radius 3 is 2.86 bits per heavy atom. The van der Waals surface area contributed by atoms with Gasteiger partial charge in [-0.05, 0) is 38.2 Å². The minimum Gasteiger partial charge on any atom is -0.350 e. The molecule has 0 spiro atoms. The van der Waals surface area contributed by atoms with Gasteiger partial charge in [0.1, 0.15) is 5.82 Å². The topological polar surface area (TPSA) is 44.4 Å². The molecule has 0 radical (unpaired) electrons. The molecule has 1 aliphatic rings. The predicted octanol–water partition coefficient (Wildman–Crippen LogP) is 1.98. The Morgan fingerprint density at radius 2 is 2.24 bits per heavy atom. The van der Waals surface area contributed by atoms with Gasteiger partial charge in [0.05, 0.1) is 17.6 Å². The lowest BCUT2D eigenvalue weighted by Crippen LogP contribution is -2.42. The highest BCUT2D eigenvalue weighted by Crippen LogP contribution is 2.32. The van der Waals surface area contributed by atoms with Crippen LogP contribution in [0.4, 0.5) is 4.39 Å². The molecule has 0 aromatic heterocycles. The lowest BCUT2D eigenvalue weighted by molar-refractivity contribution is -0.121.